The van der Waals surface area contributed by atoms with Gasteiger partial charge in [-0.05, 0) is 17.5 Å². The molecule has 21 heavy (non-hydrogen) atoms. The Balaban J connectivity index is 1.63. The number of nitrogens with one attached hydrogen (secondary N) is 1. The minimum Gasteiger partial charge on any atom is -0.469 e. The van der Waals surface area contributed by atoms with Gasteiger partial charge >= 0.3 is 5.97 Å². The highest BCUT2D eigenvalue weighted by Gasteiger charge is 2.32. The largest absolute Gasteiger partial charge is 0.469 e. The molecule has 0 aliphatic heterocycles. The lowest BCUT2D eigenvalue weighted by atomic mass is 9.77. The fraction of sp³-hybridized carbons (Fsp3) is 0.267. The molecule has 0 bridgehead atoms. The van der Waals surface area contributed by atoms with Gasteiger partial charge in [-0.25, -0.2) is 4.98 Å². The van der Waals surface area contributed by atoms with E-state index in [0.717, 1.165) is 12.0 Å². The van der Waals surface area contributed by atoms with Gasteiger partial charge in [0.25, 0.3) is 0 Å². The summed E-state index contributed by atoms with van der Waals surface area (Å²) in [5.41, 5.74) is 2.92. The van der Waals surface area contributed by atoms with Crippen molar-refractivity contribution in [3.8, 4) is 0 Å². The van der Waals surface area contributed by atoms with Crippen molar-refractivity contribution in [2.45, 2.75) is 18.8 Å². The van der Waals surface area contributed by atoms with Crippen LogP contribution in [0.1, 0.15) is 22.7 Å². The first kappa shape index (κ1) is 13.8. The van der Waals surface area contributed by atoms with Crippen LogP contribution in [0.2, 0.25) is 0 Å². The summed E-state index contributed by atoms with van der Waals surface area (Å²) in [4.78, 5) is 27.6. The van der Waals surface area contributed by atoms with Crippen molar-refractivity contribution < 1.29 is 14.3 Å². The maximum atomic E-state index is 12.2. The van der Waals surface area contributed by atoms with Crippen molar-refractivity contribution >= 4 is 28.3 Å². The number of hydrogen-bond donors (Lipinski definition) is 1. The Morgan fingerprint density at radius 3 is 3.00 bits per heavy atom. The van der Waals surface area contributed by atoms with Crippen molar-refractivity contribution in [2.24, 2.45) is 0 Å². The molecule has 1 unspecified atom stereocenters. The molecule has 1 aromatic heterocycles. The van der Waals surface area contributed by atoms with Crippen LogP contribution in [0.3, 0.4) is 0 Å². The second-order valence-corrected chi connectivity index (χ2v) is 5.70. The van der Waals surface area contributed by atoms with Crippen LogP contribution in [0.4, 0.5) is 5.13 Å². The van der Waals surface area contributed by atoms with Gasteiger partial charge in [-0.2, -0.15) is 0 Å². The van der Waals surface area contributed by atoms with Crippen LogP contribution in [0.25, 0.3) is 0 Å². The van der Waals surface area contributed by atoms with Gasteiger partial charge in [0.1, 0.15) is 0 Å². The molecule has 0 radical (unpaired) electrons. The summed E-state index contributed by atoms with van der Waals surface area (Å²) >= 11 is 1.31. The second kappa shape index (κ2) is 5.65. The van der Waals surface area contributed by atoms with Gasteiger partial charge < -0.3 is 10.1 Å². The fourth-order valence-electron chi connectivity index (χ4n) is 2.35. The van der Waals surface area contributed by atoms with Crippen molar-refractivity contribution in [1.82, 2.24) is 4.98 Å². The third-order valence-electron chi connectivity index (χ3n) is 3.51. The SMILES string of the molecule is COC(=O)Cc1csc(NC(=O)C2Cc3ccccc32)n1. The Morgan fingerprint density at radius 1 is 1.43 bits per heavy atom. The topological polar surface area (TPSA) is 68.3 Å². The van der Waals surface area contributed by atoms with Gasteiger partial charge in [0.2, 0.25) is 5.91 Å². The van der Waals surface area contributed by atoms with E-state index in [2.05, 4.69) is 15.0 Å². The van der Waals surface area contributed by atoms with E-state index in [0.29, 0.717) is 10.8 Å². The number of aromatic nitrogens is 1. The van der Waals surface area contributed by atoms with E-state index in [1.807, 2.05) is 24.3 Å². The molecular formula is C15H14N2O3S. The lowest BCUT2D eigenvalue weighted by Gasteiger charge is -2.28. The molecule has 1 aliphatic carbocycles. The number of carbonyl (C=O) groups excluding carboxylic acids is 2. The molecule has 1 N–H and O–H groups in total. The molecule has 6 heteroatoms. The van der Waals surface area contributed by atoms with E-state index >= 15 is 0 Å². The lowest BCUT2D eigenvalue weighted by Crippen LogP contribution is -2.30. The number of carbonyl (C=O) groups is 2. The van der Waals surface area contributed by atoms with E-state index in [1.165, 1.54) is 24.0 Å². The first-order valence-electron chi connectivity index (χ1n) is 6.57. The molecule has 0 spiro atoms. The standard InChI is InChI=1S/C15H14N2O3S/c1-20-13(18)7-10-8-21-15(16-10)17-14(19)12-6-9-4-2-3-5-11(9)12/h2-5,8,12H,6-7H2,1H3,(H,16,17,19). The van der Waals surface area contributed by atoms with Crippen molar-refractivity contribution in [3.63, 3.8) is 0 Å². The van der Waals surface area contributed by atoms with E-state index in [4.69, 9.17) is 0 Å². The zero-order valence-corrected chi connectivity index (χ0v) is 12.3. The highest BCUT2D eigenvalue weighted by atomic mass is 32.1. The number of benzene rings is 1. The summed E-state index contributed by atoms with van der Waals surface area (Å²) in [7, 11) is 1.34. The van der Waals surface area contributed by atoms with Crippen LogP contribution < -0.4 is 5.32 Å². The quantitative estimate of drug-likeness (QED) is 0.879. The number of amides is 1. The fourth-order valence-corrected chi connectivity index (χ4v) is 3.06. The number of hydrogen-bond acceptors (Lipinski definition) is 5. The Morgan fingerprint density at radius 2 is 2.24 bits per heavy atom. The Labute approximate surface area is 126 Å². The summed E-state index contributed by atoms with van der Waals surface area (Å²) < 4.78 is 4.59. The molecule has 1 atom stereocenters. The molecule has 3 rings (SSSR count). The van der Waals surface area contributed by atoms with Gasteiger partial charge in [0.05, 0.1) is 25.1 Å². The molecule has 0 fully saturated rings. The lowest BCUT2D eigenvalue weighted by molar-refractivity contribution is -0.139. The molecule has 1 heterocycles. The van der Waals surface area contributed by atoms with Crippen LogP contribution in [0.15, 0.2) is 29.6 Å². The normalized spacial score (nSPS) is 15.8. The molecular weight excluding hydrogens is 288 g/mol. The second-order valence-electron chi connectivity index (χ2n) is 4.84. The molecule has 1 amide bonds. The summed E-state index contributed by atoms with van der Waals surface area (Å²) in [6.07, 6.45) is 0.886. The number of thiazole rings is 1. The van der Waals surface area contributed by atoms with Crippen LogP contribution in [-0.2, 0) is 27.2 Å². The van der Waals surface area contributed by atoms with E-state index in [-0.39, 0.29) is 24.2 Å². The predicted molar refractivity (Wildman–Crippen MR) is 79.4 cm³/mol. The molecule has 0 saturated carbocycles. The maximum absolute atomic E-state index is 12.2. The summed E-state index contributed by atoms with van der Waals surface area (Å²) in [5.74, 6) is -0.493. The molecule has 1 aromatic carbocycles. The number of methoxy groups -OCH3 is 1. The molecule has 1 aliphatic rings. The molecule has 5 nitrogen and oxygen atoms in total. The smallest absolute Gasteiger partial charge is 0.311 e. The number of nitrogens with zero attached hydrogens (tertiary/aromatic N) is 1. The summed E-state index contributed by atoms with van der Waals surface area (Å²) in [6.45, 7) is 0. The van der Waals surface area contributed by atoms with Crippen LogP contribution in [0.5, 0.6) is 0 Å². The van der Waals surface area contributed by atoms with Gasteiger partial charge in [-0.1, -0.05) is 24.3 Å². The highest BCUT2D eigenvalue weighted by Crippen LogP contribution is 2.35. The first-order chi connectivity index (χ1) is 10.2. The summed E-state index contributed by atoms with van der Waals surface area (Å²) in [6, 6.07) is 7.94. The van der Waals surface area contributed by atoms with Crippen LogP contribution in [-0.4, -0.2) is 24.0 Å². The summed E-state index contributed by atoms with van der Waals surface area (Å²) in [5, 5.41) is 5.08. The van der Waals surface area contributed by atoms with Gasteiger partial charge in [0, 0.05) is 5.38 Å². The number of fused-ring (bicyclic) bond motifs is 1. The van der Waals surface area contributed by atoms with Crippen molar-refractivity contribution in [3.05, 3.63) is 46.5 Å². The van der Waals surface area contributed by atoms with E-state index in [9.17, 15) is 9.59 Å². The van der Waals surface area contributed by atoms with Gasteiger partial charge in [-0.15, -0.1) is 11.3 Å². The highest BCUT2D eigenvalue weighted by molar-refractivity contribution is 7.13. The molecule has 108 valence electrons. The van der Waals surface area contributed by atoms with Crippen molar-refractivity contribution in [2.75, 3.05) is 12.4 Å². The third-order valence-corrected chi connectivity index (χ3v) is 4.31. The molecule has 2 aromatic rings. The van der Waals surface area contributed by atoms with Crippen molar-refractivity contribution in [1.29, 1.82) is 0 Å². The van der Waals surface area contributed by atoms with E-state index < -0.39 is 0 Å². The van der Waals surface area contributed by atoms with E-state index in [1.54, 1.807) is 5.38 Å². The van der Waals surface area contributed by atoms with Crippen LogP contribution in [0, 0.1) is 0 Å². The predicted octanol–water partition coefficient (Wildman–Crippen LogP) is 2.14. The average molecular weight is 302 g/mol. The maximum Gasteiger partial charge on any atom is 0.311 e. The first-order valence-corrected chi connectivity index (χ1v) is 7.45. The molecule has 0 saturated heterocycles. The average Bonchev–Trinajstić information content (AvgIpc) is 2.87. The third kappa shape index (κ3) is 2.80. The minimum atomic E-state index is -0.342. The number of anilines is 1. The Bertz CT molecular complexity index is 696. The number of ether oxygens (including phenoxy) is 1. The zero-order valence-electron chi connectivity index (χ0n) is 11.5. The zero-order chi connectivity index (χ0) is 14.8. The van der Waals surface area contributed by atoms with Gasteiger partial charge in [0.15, 0.2) is 5.13 Å². The Hall–Kier alpha value is -2.21. The van der Waals surface area contributed by atoms with Gasteiger partial charge in [-0.3, -0.25) is 9.59 Å². The van der Waals surface area contributed by atoms with Crippen LogP contribution >= 0.6 is 11.3 Å². The Kier molecular flexibility index (Phi) is 3.70. The number of rotatable bonds is 4. The monoisotopic (exact) mass is 302 g/mol. The number of esters is 1. The minimum absolute atomic E-state index is 0.0485.